The molecule has 0 aliphatic carbocycles. The third-order valence-electron chi connectivity index (χ3n) is 4.94. The summed E-state index contributed by atoms with van der Waals surface area (Å²) >= 11 is 0. The van der Waals surface area contributed by atoms with Crippen LogP contribution in [-0.4, -0.2) is 59.7 Å². The summed E-state index contributed by atoms with van der Waals surface area (Å²) in [5, 5.41) is 0. The minimum Gasteiger partial charge on any atom is -0.462 e. The molecule has 3 rings (SSSR count). The van der Waals surface area contributed by atoms with Crippen LogP contribution in [0, 0.1) is 0 Å². The SMILES string of the molecule is CCOC(=O)c1cnc(N2CCN(C(/C=C/c3ccccc3)CC)CC2)nc1. The lowest BCUT2D eigenvalue weighted by Gasteiger charge is -2.38. The molecule has 6 nitrogen and oxygen atoms in total. The lowest BCUT2D eigenvalue weighted by molar-refractivity contribution is 0.0525. The van der Waals surface area contributed by atoms with Gasteiger partial charge in [0.25, 0.3) is 0 Å². The van der Waals surface area contributed by atoms with E-state index in [9.17, 15) is 4.79 Å². The van der Waals surface area contributed by atoms with Gasteiger partial charge in [0.2, 0.25) is 5.95 Å². The lowest BCUT2D eigenvalue weighted by atomic mass is 10.1. The molecule has 0 N–H and O–H groups in total. The van der Waals surface area contributed by atoms with E-state index in [1.807, 2.05) is 6.07 Å². The molecule has 1 unspecified atom stereocenters. The van der Waals surface area contributed by atoms with Crippen LogP contribution in [0.5, 0.6) is 0 Å². The Bertz CT molecular complexity index is 769. The molecule has 6 heteroatoms. The molecule has 0 spiro atoms. The van der Waals surface area contributed by atoms with Crippen molar-refractivity contribution in [1.29, 1.82) is 0 Å². The van der Waals surface area contributed by atoms with Crippen molar-refractivity contribution in [2.24, 2.45) is 0 Å². The van der Waals surface area contributed by atoms with Crippen molar-refractivity contribution in [2.45, 2.75) is 26.3 Å². The Morgan fingerprint density at radius 2 is 1.79 bits per heavy atom. The van der Waals surface area contributed by atoms with Gasteiger partial charge in [-0.1, -0.05) is 49.4 Å². The maximum absolute atomic E-state index is 11.7. The normalized spacial score (nSPS) is 16.3. The number of benzene rings is 1. The first kappa shape index (κ1) is 20.0. The van der Waals surface area contributed by atoms with Crippen LogP contribution >= 0.6 is 0 Å². The average Bonchev–Trinajstić information content (AvgIpc) is 2.76. The summed E-state index contributed by atoms with van der Waals surface area (Å²) in [6.07, 6.45) is 8.68. The van der Waals surface area contributed by atoms with Crippen molar-refractivity contribution in [2.75, 3.05) is 37.7 Å². The number of rotatable bonds is 7. The highest BCUT2D eigenvalue weighted by Crippen LogP contribution is 2.16. The van der Waals surface area contributed by atoms with Gasteiger partial charge in [-0.05, 0) is 18.9 Å². The van der Waals surface area contributed by atoms with Gasteiger partial charge in [0.1, 0.15) is 0 Å². The van der Waals surface area contributed by atoms with Crippen molar-refractivity contribution in [3.63, 3.8) is 0 Å². The number of hydrogen-bond donors (Lipinski definition) is 0. The molecule has 0 saturated carbocycles. The van der Waals surface area contributed by atoms with E-state index >= 15 is 0 Å². The fraction of sp³-hybridized carbons (Fsp3) is 0.409. The first-order valence-electron chi connectivity index (χ1n) is 9.92. The highest BCUT2D eigenvalue weighted by atomic mass is 16.5. The third kappa shape index (κ3) is 5.16. The molecular weight excluding hydrogens is 352 g/mol. The maximum Gasteiger partial charge on any atom is 0.341 e. The standard InChI is InChI=1S/C22H28N4O2/c1-3-20(11-10-18-8-6-5-7-9-18)25-12-14-26(15-13-25)22-23-16-19(17-24-22)21(27)28-4-2/h5-11,16-17,20H,3-4,12-15H2,1-2H3/b11-10+. The van der Waals surface area contributed by atoms with Gasteiger partial charge in [0.15, 0.2) is 0 Å². The number of nitrogens with zero attached hydrogens (tertiary/aromatic N) is 4. The third-order valence-corrected chi connectivity index (χ3v) is 4.94. The molecule has 1 aromatic heterocycles. The fourth-order valence-corrected chi connectivity index (χ4v) is 3.36. The maximum atomic E-state index is 11.7. The van der Waals surface area contributed by atoms with E-state index < -0.39 is 0 Å². The molecule has 1 aliphatic heterocycles. The number of esters is 1. The van der Waals surface area contributed by atoms with Crippen LogP contribution in [0.25, 0.3) is 6.08 Å². The van der Waals surface area contributed by atoms with E-state index in [-0.39, 0.29) is 5.97 Å². The lowest BCUT2D eigenvalue weighted by Crippen LogP contribution is -2.50. The number of carbonyl (C=O) groups is 1. The molecule has 1 atom stereocenters. The van der Waals surface area contributed by atoms with Gasteiger partial charge < -0.3 is 9.64 Å². The number of carbonyl (C=O) groups excluding carboxylic acids is 1. The molecule has 1 aliphatic rings. The molecule has 1 fully saturated rings. The second kappa shape index (κ2) is 9.99. The molecule has 148 valence electrons. The molecule has 1 aromatic carbocycles. The van der Waals surface area contributed by atoms with Crippen LogP contribution in [-0.2, 0) is 4.74 Å². The van der Waals surface area contributed by atoms with Crippen molar-refractivity contribution < 1.29 is 9.53 Å². The average molecular weight is 380 g/mol. The van der Waals surface area contributed by atoms with Gasteiger partial charge in [0.05, 0.1) is 12.2 Å². The largest absolute Gasteiger partial charge is 0.462 e. The zero-order chi connectivity index (χ0) is 19.8. The smallest absolute Gasteiger partial charge is 0.341 e. The van der Waals surface area contributed by atoms with E-state index in [4.69, 9.17) is 4.74 Å². The Balaban J connectivity index is 1.56. The Hall–Kier alpha value is -2.73. The quantitative estimate of drug-likeness (QED) is 0.687. The van der Waals surface area contributed by atoms with E-state index in [2.05, 4.69) is 63.1 Å². The summed E-state index contributed by atoms with van der Waals surface area (Å²) in [5.74, 6) is 0.287. The molecule has 0 bridgehead atoms. The van der Waals surface area contributed by atoms with E-state index in [1.165, 1.54) is 5.56 Å². The van der Waals surface area contributed by atoms with E-state index in [1.54, 1.807) is 19.3 Å². The van der Waals surface area contributed by atoms with Crippen molar-refractivity contribution in [1.82, 2.24) is 14.9 Å². The fourth-order valence-electron chi connectivity index (χ4n) is 3.36. The Morgan fingerprint density at radius 3 is 2.39 bits per heavy atom. The zero-order valence-corrected chi connectivity index (χ0v) is 16.6. The molecule has 28 heavy (non-hydrogen) atoms. The minimum atomic E-state index is -0.380. The van der Waals surface area contributed by atoms with Crippen molar-refractivity contribution in [3.8, 4) is 0 Å². The molecule has 0 radical (unpaired) electrons. The number of ether oxygens (including phenoxy) is 1. The van der Waals surface area contributed by atoms with Gasteiger partial charge in [0, 0.05) is 44.6 Å². The van der Waals surface area contributed by atoms with Gasteiger partial charge in [-0.25, -0.2) is 14.8 Å². The number of hydrogen-bond acceptors (Lipinski definition) is 6. The van der Waals surface area contributed by atoms with Crippen LogP contribution in [0.1, 0.15) is 36.2 Å². The Kier molecular flexibility index (Phi) is 7.14. The van der Waals surface area contributed by atoms with Crippen LogP contribution in [0.15, 0.2) is 48.8 Å². The van der Waals surface area contributed by atoms with Gasteiger partial charge in [-0.3, -0.25) is 4.90 Å². The highest BCUT2D eigenvalue weighted by molar-refractivity contribution is 5.88. The van der Waals surface area contributed by atoms with Crippen LogP contribution in [0.2, 0.25) is 0 Å². The number of aromatic nitrogens is 2. The Labute approximate surface area is 166 Å². The predicted octanol–water partition coefficient (Wildman–Crippen LogP) is 3.27. The second-order valence-electron chi connectivity index (χ2n) is 6.76. The summed E-state index contributed by atoms with van der Waals surface area (Å²) in [4.78, 5) is 25.1. The first-order valence-corrected chi connectivity index (χ1v) is 9.92. The second-order valence-corrected chi connectivity index (χ2v) is 6.76. The number of piperazine rings is 1. The Morgan fingerprint density at radius 1 is 1.11 bits per heavy atom. The van der Waals surface area contributed by atoms with Crippen molar-refractivity contribution in [3.05, 3.63) is 59.9 Å². The van der Waals surface area contributed by atoms with Crippen LogP contribution in [0.4, 0.5) is 5.95 Å². The van der Waals surface area contributed by atoms with E-state index in [0.29, 0.717) is 24.2 Å². The summed E-state index contributed by atoms with van der Waals surface area (Å²) in [6, 6.07) is 10.8. The van der Waals surface area contributed by atoms with Crippen LogP contribution < -0.4 is 4.90 Å². The zero-order valence-electron chi connectivity index (χ0n) is 16.6. The molecular formula is C22H28N4O2. The topological polar surface area (TPSA) is 58.6 Å². The summed E-state index contributed by atoms with van der Waals surface area (Å²) in [6.45, 7) is 8.01. The highest BCUT2D eigenvalue weighted by Gasteiger charge is 2.23. The van der Waals surface area contributed by atoms with Gasteiger partial charge in [-0.2, -0.15) is 0 Å². The van der Waals surface area contributed by atoms with Crippen molar-refractivity contribution >= 4 is 18.0 Å². The first-order chi connectivity index (χ1) is 13.7. The molecule has 2 heterocycles. The monoisotopic (exact) mass is 380 g/mol. The summed E-state index contributed by atoms with van der Waals surface area (Å²) in [5.41, 5.74) is 1.62. The van der Waals surface area contributed by atoms with Gasteiger partial charge >= 0.3 is 5.97 Å². The summed E-state index contributed by atoms with van der Waals surface area (Å²) in [7, 11) is 0. The van der Waals surface area contributed by atoms with E-state index in [0.717, 1.165) is 32.6 Å². The number of anilines is 1. The van der Waals surface area contributed by atoms with Gasteiger partial charge in [-0.15, -0.1) is 0 Å². The predicted molar refractivity (Wildman–Crippen MR) is 111 cm³/mol. The van der Waals surface area contributed by atoms with Crippen LogP contribution in [0.3, 0.4) is 0 Å². The molecule has 2 aromatic rings. The molecule has 0 amide bonds. The molecule has 1 saturated heterocycles. The minimum absolute atomic E-state index is 0.347. The summed E-state index contributed by atoms with van der Waals surface area (Å²) < 4.78 is 4.98.